The average Bonchev–Trinajstić information content (AvgIpc) is 3.55. The van der Waals surface area contributed by atoms with Crippen molar-refractivity contribution in [1.82, 2.24) is 9.88 Å². The zero-order valence-electron chi connectivity index (χ0n) is 19.9. The van der Waals surface area contributed by atoms with Crippen LogP contribution in [-0.2, 0) is 4.74 Å². The van der Waals surface area contributed by atoms with Gasteiger partial charge >= 0.3 is 0 Å². The van der Waals surface area contributed by atoms with E-state index in [0.717, 1.165) is 66.7 Å². The number of nitrogens with zero attached hydrogens (tertiary/aromatic N) is 2. The van der Waals surface area contributed by atoms with Gasteiger partial charge in [-0.15, -0.1) is 11.3 Å². The van der Waals surface area contributed by atoms with Gasteiger partial charge < -0.3 is 9.47 Å². The van der Waals surface area contributed by atoms with Crippen molar-refractivity contribution in [2.24, 2.45) is 0 Å². The van der Waals surface area contributed by atoms with Gasteiger partial charge in [0.25, 0.3) is 5.91 Å². The van der Waals surface area contributed by atoms with Crippen molar-refractivity contribution < 1.29 is 14.3 Å². The van der Waals surface area contributed by atoms with Crippen molar-refractivity contribution >= 4 is 64.8 Å². The van der Waals surface area contributed by atoms with Gasteiger partial charge in [-0.25, -0.2) is 4.98 Å². The quantitative estimate of drug-likeness (QED) is 0.241. The lowest BCUT2D eigenvalue weighted by Crippen LogP contribution is -2.36. The molecule has 5 aromatic rings. The molecule has 0 atom stereocenters. The van der Waals surface area contributed by atoms with E-state index in [-0.39, 0.29) is 5.91 Å². The Kier molecular flexibility index (Phi) is 6.83. The molecular weight excluding hydrogens is 490 g/mol. The summed E-state index contributed by atoms with van der Waals surface area (Å²) in [6, 6.07) is 18.1. The number of thiophene rings is 1. The molecule has 0 unspecified atom stereocenters. The number of aromatic nitrogens is 1. The van der Waals surface area contributed by atoms with E-state index in [0.29, 0.717) is 23.1 Å². The molecule has 1 amide bonds. The maximum absolute atomic E-state index is 13.4. The van der Waals surface area contributed by atoms with E-state index < -0.39 is 0 Å². The average molecular weight is 518 g/mol. The first-order valence-electron chi connectivity index (χ1n) is 12.3. The molecule has 0 bridgehead atoms. The molecule has 6 nitrogen and oxygen atoms in total. The van der Waals surface area contributed by atoms with Crippen LogP contribution < -0.4 is 10.1 Å². The lowest BCUT2D eigenvalue weighted by Gasteiger charge is -2.26. The van der Waals surface area contributed by atoms with E-state index >= 15 is 0 Å². The third-order valence-corrected chi connectivity index (χ3v) is 8.43. The number of fused-ring (bicyclic) bond motifs is 4. The molecule has 1 aliphatic heterocycles. The van der Waals surface area contributed by atoms with Gasteiger partial charge in [-0.1, -0.05) is 35.6 Å². The first-order chi connectivity index (χ1) is 17.7. The van der Waals surface area contributed by atoms with Crippen LogP contribution in [0.1, 0.15) is 23.2 Å². The van der Waals surface area contributed by atoms with Crippen molar-refractivity contribution in [3.05, 3.63) is 65.5 Å². The second-order valence-corrected chi connectivity index (χ2v) is 10.9. The summed E-state index contributed by atoms with van der Waals surface area (Å²) in [6.45, 7) is 5.25. The van der Waals surface area contributed by atoms with Crippen LogP contribution in [0.2, 0.25) is 0 Å². The monoisotopic (exact) mass is 517 g/mol. The first kappa shape index (κ1) is 23.4. The van der Waals surface area contributed by atoms with Gasteiger partial charge in [-0.05, 0) is 65.9 Å². The highest BCUT2D eigenvalue weighted by Crippen LogP contribution is 2.35. The van der Waals surface area contributed by atoms with Crippen molar-refractivity contribution in [3.63, 3.8) is 0 Å². The molecule has 3 aromatic carbocycles. The third kappa shape index (κ3) is 4.95. The Morgan fingerprint density at radius 1 is 1.06 bits per heavy atom. The summed E-state index contributed by atoms with van der Waals surface area (Å²) in [5.74, 6) is 0.406. The number of amides is 1. The second kappa shape index (κ2) is 10.5. The molecule has 3 heterocycles. The number of carbonyl (C=O) groups is 1. The van der Waals surface area contributed by atoms with Gasteiger partial charge in [-0.2, -0.15) is 0 Å². The summed E-state index contributed by atoms with van der Waals surface area (Å²) in [5, 5.41) is 8.95. The zero-order valence-corrected chi connectivity index (χ0v) is 21.5. The Morgan fingerprint density at radius 3 is 2.75 bits per heavy atom. The predicted octanol–water partition coefficient (Wildman–Crippen LogP) is 6.41. The maximum atomic E-state index is 13.4. The number of rotatable bonds is 8. The summed E-state index contributed by atoms with van der Waals surface area (Å²) in [6.07, 6.45) is 1.98. The molecule has 8 heteroatoms. The standard InChI is InChI=1S/C28H27N3O3S2/c32-27(30-28-29-23-7-8-25-21(9-16-35-25)26(23)36-28)22-17-19-5-1-2-6-20(19)18-24(22)34-13-4-3-10-31-11-14-33-15-12-31/h1-2,5-9,16-18H,3-4,10-15H2,(H,29,30,32). The molecule has 1 aliphatic rings. The minimum Gasteiger partial charge on any atom is -0.493 e. The molecule has 2 aromatic heterocycles. The number of hydrogen-bond acceptors (Lipinski definition) is 7. The molecule has 1 fully saturated rings. The van der Waals surface area contributed by atoms with Crippen LogP contribution in [0, 0.1) is 0 Å². The lowest BCUT2D eigenvalue weighted by molar-refractivity contribution is 0.0368. The van der Waals surface area contributed by atoms with Crippen LogP contribution >= 0.6 is 22.7 Å². The molecule has 0 radical (unpaired) electrons. The van der Waals surface area contributed by atoms with E-state index in [4.69, 9.17) is 9.47 Å². The molecule has 0 spiro atoms. The fourth-order valence-corrected chi connectivity index (χ4v) is 6.45. The Balaban J connectivity index is 1.19. The number of thiazole rings is 1. The summed E-state index contributed by atoms with van der Waals surface area (Å²) in [7, 11) is 0. The molecule has 36 heavy (non-hydrogen) atoms. The van der Waals surface area contributed by atoms with Gasteiger partial charge in [-0.3, -0.25) is 15.0 Å². The van der Waals surface area contributed by atoms with Crippen molar-refractivity contribution in [2.75, 3.05) is 44.8 Å². The second-order valence-electron chi connectivity index (χ2n) is 8.92. The zero-order chi connectivity index (χ0) is 24.3. The van der Waals surface area contributed by atoms with Crippen LogP contribution in [0.4, 0.5) is 5.13 Å². The first-order valence-corrected chi connectivity index (χ1v) is 14.0. The fourth-order valence-electron chi connectivity index (χ4n) is 4.61. The fraction of sp³-hybridized carbons (Fsp3) is 0.286. The van der Waals surface area contributed by atoms with Crippen LogP contribution in [0.25, 0.3) is 31.1 Å². The van der Waals surface area contributed by atoms with Crippen LogP contribution in [0.5, 0.6) is 5.75 Å². The van der Waals surface area contributed by atoms with Crippen LogP contribution in [-0.4, -0.2) is 55.2 Å². The van der Waals surface area contributed by atoms with Gasteiger partial charge in [0, 0.05) is 23.2 Å². The number of unbranched alkanes of at least 4 members (excludes halogenated alkanes) is 1. The van der Waals surface area contributed by atoms with Crippen molar-refractivity contribution in [2.45, 2.75) is 12.8 Å². The number of anilines is 1. The minimum absolute atomic E-state index is 0.204. The van der Waals surface area contributed by atoms with Gasteiger partial charge in [0.05, 0.1) is 35.6 Å². The highest BCUT2D eigenvalue weighted by Gasteiger charge is 2.17. The largest absolute Gasteiger partial charge is 0.493 e. The SMILES string of the molecule is O=C(Nc1nc2ccc3sccc3c2s1)c1cc2ccccc2cc1OCCCCN1CCOCC1. The Bertz CT molecular complexity index is 1520. The number of benzene rings is 3. The van der Waals surface area contributed by atoms with E-state index in [9.17, 15) is 4.79 Å². The number of hydrogen-bond donors (Lipinski definition) is 1. The van der Waals surface area contributed by atoms with E-state index in [1.165, 1.54) is 21.4 Å². The van der Waals surface area contributed by atoms with Crippen molar-refractivity contribution in [1.29, 1.82) is 0 Å². The van der Waals surface area contributed by atoms with E-state index in [1.54, 1.807) is 11.3 Å². The normalized spacial score (nSPS) is 14.6. The summed E-state index contributed by atoms with van der Waals surface area (Å²) >= 11 is 3.22. The molecule has 6 rings (SSSR count). The summed E-state index contributed by atoms with van der Waals surface area (Å²) < 4.78 is 13.9. The molecule has 0 saturated carbocycles. The maximum Gasteiger partial charge on any atom is 0.261 e. The minimum atomic E-state index is -0.204. The number of carbonyl (C=O) groups excluding carboxylic acids is 1. The summed E-state index contributed by atoms with van der Waals surface area (Å²) in [4.78, 5) is 20.5. The number of nitrogens with one attached hydrogen (secondary N) is 1. The molecule has 184 valence electrons. The highest BCUT2D eigenvalue weighted by molar-refractivity contribution is 7.24. The highest BCUT2D eigenvalue weighted by atomic mass is 32.1. The van der Waals surface area contributed by atoms with Crippen molar-refractivity contribution in [3.8, 4) is 5.75 Å². The Hall–Kier alpha value is -3.04. The van der Waals surface area contributed by atoms with E-state index in [2.05, 4.69) is 32.7 Å². The molecule has 1 N–H and O–H groups in total. The van der Waals surface area contributed by atoms with Crippen LogP contribution in [0.15, 0.2) is 60.0 Å². The van der Waals surface area contributed by atoms with Gasteiger partial charge in [0.2, 0.25) is 0 Å². The third-order valence-electron chi connectivity index (χ3n) is 6.53. The number of morpholine rings is 1. The Morgan fingerprint density at radius 2 is 1.89 bits per heavy atom. The molecule has 1 saturated heterocycles. The molecule has 0 aliphatic carbocycles. The molecular formula is C28H27N3O3S2. The van der Waals surface area contributed by atoms with E-state index in [1.807, 2.05) is 42.5 Å². The lowest BCUT2D eigenvalue weighted by atomic mass is 10.1. The van der Waals surface area contributed by atoms with Crippen LogP contribution in [0.3, 0.4) is 0 Å². The predicted molar refractivity (Wildman–Crippen MR) is 149 cm³/mol. The Labute approximate surface area is 217 Å². The van der Waals surface area contributed by atoms with Gasteiger partial charge in [0.15, 0.2) is 5.13 Å². The number of ether oxygens (including phenoxy) is 2. The summed E-state index contributed by atoms with van der Waals surface area (Å²) in [5.41, 5.74) is 1.43. The smallest absolute Gasteiger partial charge is 0.261 e. The van der Waals surface area contributed by atoms with Gasteiger partial charge in [0.1, 0.15) is 5.75 Å². The topological polar surface area (TPSA) is 63.7 Å².